The zero-order chi connectivity index (χ0) is 22.0. The van der Waals surface area contributed by atoms with Gasteiger partial charge in [-0.2, -0.15) is 10.1 Å². The van der Waals surface area contributed by atoms with E-state index in [0.717, 1.165) is 12.1 Å². The number of nitrogens with zero attached hydrogens (tertiary/aromatic N) is 3. The summed E-state index contributed by atoms with van der Waals surface area (Å²) in [5.41, 5.74) is 6.81. The molecule has 2 aromatic carbocycles. The highest BCUT2D eigenvalue weighted by atomic mass is 35.5. The van der Waals surface area contributed by atoms with Crippen molar-refractivity contribution in [2.45, 2.75) is 4.90 Å². The van der Waals surface area contributed by atoms with Gasteiger partial charge in [0.15, 0.2) is 11.5 Å². The number of rotatable bonds is 7. The van der Waals surface area contributed by atoms with Crippen LogP contribution in [-0.4, -0.2) is 41.7 Å². The second-order valence-electron chi connectivity index (χ2n) is 6.38. The number of benzene rings is 2. The molecule has 0 aliphatic carbocycles. The molecule has 2 heterocycles. The maximum Gasteiger partial charge on any atom is 0.264 e. The van der Waals surface area contributed by atoms with Crippen LogP contribution in [0.15, 0.2) is 53.6 Å². The highest BCUT2D eigenvalue weighted by molar-refractivity contribution is 7.92. The molecule has 4 N–H and O–H groups in total. The Hall–Kier alpha value is -3.28. The lowest BCUT2D eigenvalue weighted by Gasteiger charge is -2.10. The lowest BCUT2D eigenvalue weighted by atomic mass is 10.2. The van der Waals surface area contributed by atoms with E-state index in [-0.39, 0.29) is 17.3 Å². The summed E-state index contributed by atoms with van der Waals surface area (Å²) in [6.07, 6.45) is 1.55. The van der Waals surface area contributed by atoms with Gasteiger partial charge in [0, 0.05) is 22.8 Å². The topological polar surface area (TPSA) is 136 Å². The Morgan fingerprint density at radius 1 is 1.16 bits per heavy atom. The molecule has 0 amide bonds. The van der Waals surface area contributed by atoms with E-state index in [1.165, 1.54) is 18.2 Å². The van der Waals surface area contributed by atoms with Crippen molar-refractivity contribution in [3.05, 3.63) is 59.5 Å². The third-order valence-electron chi connectivity index (χ3n) is 4.21. The molecule has 2 aromatic heterocycles. The minimum atomic E-state index is -4.17. The van der Waals surface area contributed by atoms with Crippen LogP contribution in [0, 0.1) is 5.82 Å². The molecule has 0 atom stereocenters. The first-order valence-corrected chi connectivity index (χ1v) is 10.9. The fourth-order valence-electron chi connectivity index (χ4n) is 2.78. The summed E-state index contributed by atoms with van der Waals surface area (Å²) in [5, 5.41) is 7.44. The molecule has 0 unspecified atom stereocenters. The van der Waals surface area contributed by atoms with Crippen LogP contribution in [0.4, 0.5) is 10.1 Å². The number of aromatic amines is 1. The van der Waals surface area contributed by atoms with Crippen LogP contribution in [0.5, 0.6) is 5.88 Å². The highest BCUT2D eigenvalue weighted by Gasteiger charge is 2.20. The molecule has 0 radical (unpaired) electrons. The summed E-state index contributed by atoms with van der Waals surface area (Å²) >= 11 is 5.80. The van der Waals surface area contributed by atoms with Gasteiger partial charge in [-0.05, 0) is 42.5 Å². The highest BCUT2D eigenvalue weighted by Crippen LogP contribution is 2.27. The summed E-state index contributed by atoms with van der Waals surface area (Å²) in [4.78, 5) is 8.26. The van der Waals surface area contributed by atoms with Gasteiger partial charge in [-0.3, -0.25) is 9.82 Å². The minimum Gasteiger partial charge on any atom is -0.476 e. The van der Waals surface area contributed by atoms with Gasteiger partial charge in [-0.25, -0.2) is 17.8 Å². The molecule has 9 nitrogen and oxygen atoms in total. The molecule has 0 spiro atoms. The van der Waals surface area contributed by atoms with E-state index < -0.39 is 20.7 Å². The minimum absolute atomic E-state index is 0.108. The van der Waals surface area contributed by atoms with Crippen molar-refractivity contribution in [2.75, 3.05) is 17.9 Å². The molecule has 0 bridgehead atoms. The first-order chi connectivity index (χ1) is 14.9. The fourth-order valence-corrected chi connectivity index (χ4v) is 4.18. The molecular weight excluding hydrogens is 447 g/mol. The Bertz CT molecular complexity index is 1340. The van der Waals surface area contributed by atoms with Crippen LogP contribution in [0.2, 0.25) is 5.02 Å². The number of sulfonamides is 1. The Morgan fingerprint density at radius 2 is 1.94 bits per heavy atom. The molecule has 0 aliphatic heterocycles. The average Bonchev–Trinajstić information content (AvgIpc) is 3.23. The van der Waals surface area contributed by atoms with E-state index in [9.17, 15) is 12.8 Å². The fraction of sp³-hybridized carbons (Fsp3) is 0.105. The van der Waals surface area contributed by atoms with E-state index in [2.05, 4.69) is 24.9 Å². The number of aromatic nitrogens is 4. The standard InChI is InChI=1S/C19H16ClFN6O3S/c20-12-3-6-15(21)16(9-12)31(28,29)27-13-4-1-11(2-5-13)17-24-18-14(10-23-26-18)19(25-17)30-8-7-22/h1-6,9-10,27H,7-8,22H2,(H,23,24,25,26). The van der Waals surface area contributed by atoms with Crippen LogP contribution in [0.3, 0.4) is 0 Å². The summed E-state index contributed by atoms with van der Waals surface area (Å²) in [6, 6.07) is 9.57. The molecule has 0 aliphatic rings. The Kier molecular flexibility index (Phi) is 5.72. The van der Waals surface area contributed by atoms with Crippen molar-refractivity contribution >= 4 is 38.3 Å². The van der Waals surface area contributed by atoms with E-state index in [1.807, 2.05) is 0 Å². The van der Waals surface area contributed by atoms with E-state index in [0.29, 0.717) is 34.8 Å². The summed E-state index contributed by atoms with van der Waals surface area (Å²) in [5.74, 6) is -0.223. The number of anilines is 1. The van der Waals surface area contributed by atoms with Crippen LogP contribution in [0.25, 0.3) is 22.4 Å². The zero-order valence-electron chi connectivity index (χ0n) is 15.8. The molecule has 12 heteroatoms. The van der Waals surface area contributed by atoms with Crippen molar-refractivity contribution < 1.29 is 17.5 Å². The number of fused-ring (bicyclic) bond motifs is 1. The lowest BCUT2D eigenvalue weighted by Crippen LogP contribution is -2.14. The molecule has 0 fully saturated rings. The van der Waals surface area contributed by atoms with Crippen molar-refractivity contribution in [1.82, 2.24) is 20.2 Å². The predicted octanol–water partition coefficient (Wildman–Crippen LogP) is 2.95. The number of H-pyrrole nitrogens is 1. The third-order valence-corrected chi connectivity index (χ3v) is 5.84. The van der Waals surface area contributed by atoms with Crippen molar-refractivity contribution in [1.29, 1.82) is 0 Å². The predicted molar refractivity (Wildman–Crippen MR) is 114 cm³/mol. The van der Waals surface area contributed by atoms with Gasteiger partial charge < -0.3 is 10.5 Å². The zero-order valence-corrected chi connectivity index (χ0v) is 17.4. The maximum absolute atomic E-state index is 14.0. The van der Waals surface area contributed by atoms with Gasteiger partial charge in [0.2, 0.25) is 5.88 Å². The average molecular weight is 463 g/mol. The number of halogens is 2. The first-order valence-electron chi connectivity index (χ1n) is 8.99. The Balaban J connectivity index is 1.62. The van der Waals surface area contributed by atoms with Crippen molar-refractivity contribution in [3.63, 3.8) is 0 Å². The smallest absolute Gasteiger partial charge is 0.264 e. The molecular formula is C19H16ClFN6O3S. The van der Waals surface area contributed by atoms with Crippen molar-refractivity contribution in [2.24, 2.45) is 5.73 Å². The van der Waals surface area contributed by atoms with Crippen molar-refractivity contribution in [3.8, 4) is 17.3 Å². The van der Waals surface area contributed by atoms with Gasteiger partial charge in [0.1, 0.15) is 22.7 Å². The van der Waals surface area contributed by atoms with Crippen LogP contribution < -0.4 is 15.2 Å². The first kappa shape index (κ1) is 21.0. The lowest BCUT2D eigenvalue weighted by molar-refractivity contribution is 0.320. The monoisotopic (exact) mass is 462 g/mol. The molecule has 4 rings (SSSR count). The second-order valence-corrected chi connectivity index (χ2v) is 8.47. The number of nitrogens with two attached hydrogens (primary N) is 1. The number of hydrogen-bond donors (Lipinski definition) is 3. The molecule has 31 heavy (non-hydrogen) atoms. The summed E-state index contributed by atoms with van der Waals surface area (Å²) < 4.78 is 46.9. The Labute approximate surface area is 181 Å². The summed E-state index contributed by atoms with van der Waals surface area (Å²) in [6.45, 7) is 0.595. The van der Waals surface area contributed by atoms with Gasteiger partial charge >= 0.3 is 0 Å². The molecule has 0 saturated heterocycles. The van der Waals surface area contributed by atoms with E-state index >= 15 is 0 Å². The Morgan fingerprint density at radius 3 is 2.68 bits per heavy atom. The summed E-state index contributed by atoms with van der Waals surface area (Å²) in [7, 11) is -4.17. The van der Waals surface area contributed by atoms with Crippen LogP contribution in [0.1, 0.15) is 0 Å². The SMILES string of the molecule is NCCOc1nc(-c2ccc(NS(=O)(=O)c3cc(Cl)ccc3F)cc2)nc2[nH]ncc12. The van der Waals surface area contributed by atoms with Gasteiger partial charge in [-0.1, -0.05) is 11.6 Å². The quantitative estimate of drug-likeness (QED) is 0.384. The number of ether oxygens (including phenoxy) is 1. The maximum atomic E-state index is 14.0. The van der Waals surface area contributed by atoms with Gasteiger partial charge in [0.05, 0.1) is 6.20 Å². The van der Waals surface area contributed by atoms with Crippen LogP contribution in [-0.2, 0) is 10.0 Å². The normalized spacial score (nSPS) is 11.6. The molecule has 0 saturated carbocycles. The second kappa shape index (κ2) is 8.46. The van der Waals surface area contributed by atoms with Gasteiger partial charge in [-0.15, -0.1) is 0 Å². The van der Waals surface area contributed by atoms with Crippen LogP contribution >= 0.6 is 11.6 Å². The largest absolute Gasteiger partial charge is 0.476 e. The van der Waals surface area contributed by atoms with E-state index in [4.69, 9.17) is 22.1 Å². The third kappa shape index (κ3) is 4.43. The number of hydrogen-bond acceptors (Lipinski definition) is 7. The molecule has 4 aromatic rings. The van der Waals surface area contributed by atoms with Gasteiger partial charge in [0.25, 0.3) is 10.0 Å². The van der Waals surface area contributed by atoms with E-state index in [1.54, 1.807) is 18.3 Å². The number of nitrogens with one attached hydrogen (secondary N) is 2. The molecule has 160 valence electrons.